The van der Waals surface area contributed by atoms with Gasteiger partial charge in [0.25, 0.3) is 0 Å². The van der Waals surface area contributed by atoms with Crippen LogP contribution in [0.2, 0.25) is 0 Å². The molecule has 1 heterocycles. The monoisotopic (exact) mass is 182 g/mol. The second kappa shape index (κ2) is 3.48. The van der Waals surface area contributed by atoms with Crippen molar-refractivity contribution < 1.29 is 4.39 Å². The van der Waals surface area contributed by atoms with Crippen molar-refractivity contribution in [1.82, 2.24) is 9.78 Å². The Hall–Kier alpha value is -0.860. The summed E-state index contributed by atoms with van der Waals surface area (Å²) in [4.78, 5) is 0. The van der Waals surface area contributed by atoms with E-state index in [9.17, 15) is 4.39 Å². The summed E-state index contributed by atoms with van der Waals surface area (Å²) in [5.74, 6) is 0. The molecule has 2 nitrogen and oxygen atoms in total. The van der Waals surface area contributed by atoms with Crippen LogP contribution in [-0.4, -0.2) is 16.0 Å². The van der Waals surface area contributed by atoms with Gasteiger partial charge >= 0.3 is 0 Å². The van der Waals surface area contributed by atoms with Gasteiger partial charge in [0.05, 0.1) is 12.2 Å². The summed E-state index contributed by atoms with van der Waals surface area (Å²) in [5.41, 5.74) is 1.27. The number of nitrogens with zero attached hydrogens (tertiary/aromatic N) is 2. The van der Waals surface area contributed by atoms with Crippen molar-refractivity contribution in [1.29, 1.82) is 0 Å². The lowest BCUT2D eigenvalue weighted by Gasteiger charge is -2.29. The van der Waals surface area contributed by atoms with Crippen molar-refractivity contribution in [2.24, 2.45) is 0 Å². The van der Waals surface area contributed by atoms with Gasteiger partial charge in [0.15, 0.2) is 0 Å². The highest BCUT2D eigenvalue weighted by molar-refractivity contribution is 5.05. The van der Waals surface area contributed by atoms with Gasteiger partial charge in [0.2, 0.25) is 0 Å². The zero-order valence-electron chi connectivity index (χ0n) is 7.91. The predicted octanol–water partition coefficient (Wildman–Crippen LogP) is 2.51. The van der Waals surface area contributed by atoms with Crippen LogP contribution in [0.5, 0.6) is 0 Å². The van der Waals surface area contributed by atoms with Crippen molar-refractivity contribution in [2.75, 3.05) is 0 Å². The highest BCUT2D eigenvalue weighted by Crippen LogP contribution is 2.33. The average molecular weight is 182 g/mol. The number of hydrogen-bond donors (Lipinski definition) is 0. The molecule has 3 heteroatoms. The molecule has 0 saturated heterocycles. The minimum atomic E-state index is -0.594. The molecule has 1 aromatic heterocycles. The van der Waals surface area contributed by atoms with E-state index < -0.39 is 6.17 Å². The predicted molar refractivity (Wildman–Crippen MR) is 49.4 cm³/mol. The van der Waals surface area contributed by atoms with Crippen LogP contribution in [0.1, 0.15) is 37.8 Å². The van der Waals surface area contributed by atoms with Gasteiger partial charge < -0.3 is 0 Å². The molecule has 0 radical (unpaired) electrons. The third-order valence-electron chi connectivity index (χ3n) is 2.62. The van der Waals surface area contributed by atoms with E-state index in [1.807, 2.05) is 10.9 Å². The van der Waals surface area contributed by atoms with E-state index in [-0.39, 0.29) is 0 Å². The van der Waals surface area contributed by atoms with Crippen LogP contribution in [-0.2, 0) is 6.42 Å². The van der Waals surface area contributed by atoms with Gasteiger partial charge in [-0.1, -0.05) is 13.3 Å². The largest absolute Gasteiger partial charge is 0.269 e. The fraction of sp³-hybridized carbons (Fsp3) is 0.700. The molecule has 1 fully saturated rings. The maximum Gasteiger partial charge on any atom is 0.104 e. The van der Waals surface area contributed by atoms with E-state index >= 15 is 0 Å². The normalized spacial score (nSPS) is 27.2. The first-order valence-electron chi connectivity index (χ1n) is 4.96. The molecule has 0 aliphatic heterocycles. The summed E-state index contributed by atoms with van der Waals surface area (Å²) in [5, 5.41) is 4.24. The van der Waals surface area contributed by atoms with Crippen LogP contribution in [0.15, 0.2) is 12.4 Å². The van der Waals surface area contributed by atoms with Gasteiger partial charge in [-0.3, -0.25) is 4.68 Å². The molecular formula is C10H15FN2. The van der Waals surface area contributed by atoms with Crippen molar-refractivity contribution >= 4 is 0 Å². The molecule has 2 rings (SSSR count). The zero-order valence-corrected chi connectivity index (χ0v) is 7.91. The molecule has 0 unspecified atom stereocenters. The Morgan fingerprint density at radius 2 is 2.38 bits per heavy atom. The van der Waals surface area contributed by atoms with Gasteiger partial charge in [-0.15, -0.1) is 0 Å². The minimum absolute atomic E-state index is 0.320. The Bertz CT molecular complexity index is 276. The number of halogens is 1. The summed E-state index contributed by atoms with van der Waals surface area (Å²) in [7, 11) is 0. The minimum Gasteiger partial charge on any atom is -0.269 e. The molecule has 0 atom stereocenters. The smallest absolute Gasteiger partial charge is 0.104 e. The molecule has 0 amide bonds. The summed E-state index contributed by atoms with van der Waals surface area (Å²) >= 11 is 0. The topological polar surface area (TPSA) is 17.8 Å². The molecule has 0 N–H and O–H groups in total. The molecular weight excluding hydrogens is 167 g/mol. The summed E-state index contributed by atoms with van der Waals surface area (Å²) < 4.78 is 14.5. The molecule has 13 heavy (non-hydrogen) atoms. The molecule has 0 aromatic carbocycles. The van der Waals surface area contributed by atoms with E-state index in [4.69, 9.17) is 0 Å². The van der Waals surface area contributed by atoms with E-state index in [0.29, 0.717) is 18.9 Å². The first kappa shape index (κ1) is 8.73. The summed E-state index contributed by atoms with van der Waals surface area (Å²) in [6, 6.07) is 0.320. The number of rotatable bonds is 3. The molecule has 1 aliphatic rings. The van der Waals surface area contributed by atoms with Crippen molar-refractivity contribution in [3.8, 4) is 0 Å². The van der Waals surface area contributed by atoms with Crippen LogP contribution in [0.25, 0.3) is 0 Å². The van der Waals surface area contributed by atoms with E-state index in [1.165, 1.54) is 5.56 Å². The SMILES string of the molecule is CCCc1cnn(C2CC(F)C2)c1. The number of aromatic nitrogens is 2. The first-order chi connectivity index (χ1) is 6.29. The Labute approximate surface area is 77.8 Å². The van der Waals surface area contributed by atoms with Crippen molar-refractivity contribution in [3.63, 3.8) is 0 Å². The molecule has 1 aromatic rings. The molecule has 1 aliphatic carbocycles. The molecule has 0 spiro atoms. The number of hydrogen-bond acceptors (Lipinski definition) is 1. The van der Waals surface area contributed by atoms with Gasteiger partial charge in [0.1, 0.15) is 6.17 Å². The van der Waals surface area contributed by atoms with Crippen molar-refractivity contribution in [3.05, 3.63) is 18.0 Å². The third-order valence-corrected chi connectivity index (χ3v) is 2.62. The van der Waals surface area contributed by atoms with Gasteiger partial charge in [-0.2, -0.15) is 5.10 Å². The van der Waals surface area contributed by atoms with E-state index in [1.54, 1.807) is 0 Å². The lowest BCUT2D eigenvalue weighted by molar-refractivity contribution is 0.128. The lowest BCUT2D eigenvalue weighted by atomic mass is 9.91. The second-order valence-corrected chi connectivity index (χ2v) is 3.80. The fourth-order valence-electron chi connectivity index (χ4n) is 1.73. The van der Waals surface area contributed by atoms with Gasteiger partial charge in [-0.25, -0.2) is 4.39 Å². The van der Waals surface area contributed by atoms with Crippen LogP contribution < -0.4 is 0 Å². The summed E-state index contributed by atoms with van der Waals surface area (Å²) in [6.07, 6.45) is 6.87. The van der Waals surface area contributed by atoms with Gasteiger partial charge in [-0.05, 0) is 12.0 Å². The Balaban J connectivity index is 1.97. The van der Waals surface area contributed by atoms with Gasteiger partial charge in [0, 0.05) is 19.0 Å². The standard InChI is InChI=1S/C10H15FN2/c1-2-3-8-6-12-13(7-8)10-4-9(11)5-10/h6-7,9-10H,2-5H2,1H3. The maximum absolute atomic E-state index is 12.6. The van der Waals surface area contributed by atoms with E-state index in [2.05, 4.69) is 18.2 Å². The van der Waals surface area contributed by atoms with Crippen LogP contribution in [0.4, 0.5) is 4.39 Å². The maximum atomic E-state index is 12.6. The number of aryl methyl sites for hydroxylation is 1. The summed E-state index contributed by atoms with van der Waals surface area (Å²) in [6.45, 7) is 2.15. The van der Waals surface area contributed by atoms with Crippen molar-refractivity contribution in [2.45, 2.75) is 44.8 Å². The average Bonchev–Trinajstić information content (AvgIpc) is 2.48. The third kappa shape index (κ3) is 1.74. The van der Waals surface area contributed by atoms with Crippen LogP contribution >= 0.6 is 0 Å². The van der Waals surface area contributed by atoms with E-state index in [0.717, 1.165) is 12.8 Å². The van der Waals surface area contributed by atoms with Crippen LogP contribution in [0.3, 0.4) is 0 Å². The molecule has 0 bridgehead atoms. The second-order valence-electron chi connectivity index (χ2n) is 3.80. The first-order valence-corrected chi connectivity index (χ1v) is 4.96. The zero-order chi connectivity index (χ0) is 9.26. The Morgan fingerprint density at radius 1 is 1.62 bits per heavy atom. The quantitative estimate of drug-likeness (QED) is 0.702. The van der Waals surface area contributed by atoms with Crippen LogP contribution in [0, 0.1) is 0 Å². The fourth-order valence-corrected chi connectivity index (χ4v) is 1.73. The molecule has 1 saturated carbocycles. The molecule has 72 valence electrons. The Morgan fingerprint density at radius 3 is 3.00 bits per heavy atom. The highest BCUT2D eigenvalue weighted by Gasteiger charge is 2.30. The lowest BCUT2D eigenvalue weighted by Crippen LogP contribution is -2.28. The Kier molecular flexibility index (Phi) is 2.34. The number of alkyl halides is 1. The highest BCUT2D eigenvalue weighted by atomic mass is 19.1.